The van der Waals surface area contributed by atoms with Gasteiger partial charge in [-0.1, -0.05) is 18.2 Å². The number of rotatable bonds is 3. The monoisotopic (exact) mass is 405 g/mol. The first-order valence-corrected chi connectivity index (χ1v) is 10.2. The Morgan fingerprint density at radius 1 is 0.867 bits per heavy atom. The minimum absolute atomic E-state index is 0.0387. The summed E-state index contributed by atoms with van der Waals surface area (Å²) in [6, 6.07) is 13.5. The molecule has 0 spiro atoms. The molecule has 0 bridgehead atoms. The van der Waals surface area contributed by atoms with Gasteiger partial charge in [0, 0.05) is 38.8 Å². The van der Waals surface area contributed by atoms with E-state index in [1.54, 1.807) is 21.6 Å². The quantitative estimate of drug-likeness (QED) is 0.712. The Kier molecular flexibility index (Phi) is 4.32. The van der Waals surface area contributed by atoms with Gasteiger partial charge in [-0.05, 0) is 48.2 Å². The van der Waals surface area contributed by atoms with E-state index in [2.05, 4.69) is 10.2 Å². The Balaban J connectivity index is 1.26. The van der Waals surface area contributed by atoms with Gasteiger partial charge in [0.05, 0.1) is 0 Å². The molecular weight excluding hydrogens is 382 g/mol. The molecule has 8 heteroatoms. The summed E-state index contributed by atoms with van der Waals surface area (Å²) in [5.41, 5.74) is 3.19. The maximum Gasteiger partial charge on any atom is 0.254 e. The molecule has 1 aliphatic carbocycles. The van der Waals surface area contributed by atoms with E-state index in [0.29, 0.717) is 44.6 Å². The number of aromatic nitrogens is 3. The number of benzene rings is 2. The smallest absolute Gasteiger partial charge is 0.254 e. The first-order chi connectivity index (χ1) is 14.4. The lowest BCUT2D eigenvalue weighted by Gasteiger charge is -2.35. The lowest BCUT2D eigenvalue weighted by atomic mass is 10.0. The molecule has 2 aromatic carbocycles. The zero-order valence-electron chi connectivity index (χ0n) is 16.8. The van der Waals surface area contributed by atoms with Gasteiger partial charge in [0.25, 0.3) is 11.8 Å². The number of fused-ring (bicyclic) bond motifs is 1. The Hall–Kier alpha value is -3.26. The highest BCUT2D eigenvalue weighted by molar-refractivity contribution is 5.95. The van der Waals surface area contributed by atoms with Gasteiger partial charge in [-0.2, -0.15) is 15.0 Å². The van der Waals surface area contributed by atoms with Crippen LogP contribution in [0.2, 0.25) is 0 Å². The molecule has 2 fully saturated rings. The zero-order chi connectivity index (χ0) is 20.9. The van der Waals surface area contributed by atoms with Crippen molar-refractivity contribution in [2.24, 2.45) is 7.05 Å². The topological polar surface area (TPSA) is 91.6 Å². The van der Waals surface area contributed by atoms with E-state index in [4.69, 9.17) is 0 Å². The van der Waals surface area contributed by atoms with Crippen LogP contribution >= 0.6 is 0 Å². The van der Waals surface area contributed by atoms with Crippen LogP contribution in [0.3, 0.4) is 0 Å². The van der Waals surface area contributed by atoms with Crippen molar-refractivity contribution >= 4 is 22.8 Å². The molecule has 5 rings (SSSR count). The molecule has 2 aliphatic rings. The van der Waals surface area contributed by atoms with Crippen LogP contribution in [-0.4, -0.2) is 73.5 Å². The highest BCUT2D eigenvalue weighted by Gasteiger charge is 2.50. The predicted molar refractivity (Wildman–Crippen MR) is 111 cm³/mol. The highest BCUT2D eigenvalue weighted by Crippen LogP contribution is 2.37. The minimum atomic E-state index is -1.14. The molecule has 8 nitrogen and oxygen atoms in total. The molecule has 1 saturated carbocycles. The van der Waals surface area contributed by atoms with E-state index in [9.17, 15) is 14.7 Å². The van der Waals surface area contributed by atoms with Gasteiger partial charge in [-0.25, -0.2) is 0 Å². The molecule has 1 saturated heterocycles. The second-order valence-electron chi connectivity index (χ2n) is 8.09. The Morgan fingerprint density at radius 2 is 1.47 bits per heavy atom. The number of hydrogen-bond acceptors (Lipinski definition) is 5. The Labute approximate surface area is 173 Å². The summed E-state index contributed by atoms with van der Waals surface area (Å²) in [4.78, 5) is 30.1. The third-order valence-electron chi connectivity index (χ3n) is 5.92. The summed E-state index contributed by atoms with van der Waals surface area (Å²) < 4.78 is 0. The van der Waals surface area contributed by atoms with E-state index < -0.39 is 5.60 Å². The van der Waals surface area contributed by atoms with Crippen LogP contribution in [0.15, 0.2) is 42.5 Å². The molecule has 154 valence electrons. The number of aryl methyl sites for hydroxylation is 1. The van der Waals surface area contributed by atoms with E-state index in [1.165, 1.54) is 0 Å². The highest BCUT2D eigenvalue weighted by atomic mass is 16.3. The number of aliphatic hydroxyl groups is 1. The molecule has 1 N–H and O–H groups in total. The van der Waals surface area contributed by atoms with Crippen molar-refractivity contribution in [1.29, 1.82) is 0 Å². The second-order valence-corrected chi connectivity index (χ2v) is 8.09. The molecule has 30 heavy (non-hydrogen) atoms. The van der Waals surface area contributed by atoms with Gasteiger partial charge in [0.15, 0.2) is 0 Å². The van der Waals surface area contributed by atoms with Gasteiger partial charge >= 0.3 is 0 Å². The molecule has 3 aromatic rings. The summed E-state index contributed by atoms with van der Waals surface area (Å²) in [5, 5.41) is 18.6. The molecule has 1 aromatic heterocycles. The van der Waals surface area contributed by atoms with Crippen LogP contribution in [0.1, 0.15) is 23.2 Å². The van der Waals surface area contributed by atoms with Gasteiger partial charge in [-0.15, -0.1) is 0 Å². The largest absolute Gasteiger partial charge is 0.380 e. The zero-order valence-corrected chi connectivity index (χ0v) is 16.8. The maximum atomic E-state index is 12.9. The molecule has 2 amide bonds. The third kappa shape index (κ3) is 3.33. The Morgan fingerprint density at radius 3 is 2.13 bits per heavy atom. The summed E-state index contributed by atoms with van der Waals surface area (Å²) >= 11 is 0. The first-order valence-electron chi connectivity index (χ1n) is 10.2. The fraction of sp³-hybridized carbons (Fsp3) is 0.364. The summed E-state index contributed by atoms with van der Waals surface area (Å²) in [6.45, 7) is 1.88. The normalized spacial score (nSPS) is 17.9. The Bertz CT molecular complexity index is 1130. The van der Waals surface area contributed by atoms with Gasteiger partial charge < -0.3 is 14.9 Å². The average Bonchev–Trinajstić information content (AvgIpc) is 3.41. The maximum absolute atomic E-state index is 12.9. The number of carbonyl (C=O) groups excluding carboxylic acids is 2. The van der Waals surface area contributed by atoms with Crippen molar-refractivity contribution in [1.82, 2.24) is 24.8 Å². The fourth-order valence-electron chi connectivity index (χ4n) is 3.93. The summed E-state index contributed by atoms with van der Waals surface area (Å²) in [5.74, 6) is -0.234. The molecule has 0 unspecified atom stereocenters. The lowest BCUT2D eigenvalue weighted by molar-refractivity contribution is -0.143. The van der Waals surface area contributed by atoms with Crippen molar-refractivity contribution < 1.29 is 14.7 Å². The number of amides is 2. The van der Waals surface area contributed by atoms with E-state index in [-0.39, 0.29) is 11.8 Å². The lowest BCUT2D eigenvalue weighted by Crippen LogP contribution is -2.53. The number of hydrogen-bond donors (Lipinski definition) is 1. The molecule has 0 atom stereocenters. The van der Waals surface area contributed by atoms with Crippen LogP contribution in [0.5, 0.6) is 0 Å². The van der Waals surface area contributed by atoms with Gasteiger partial charge in [0.1, 0.15) is 16.6 Å². The van der Waals surface area contributed by atoms with Gasteiger partial charge in [0.2, 0.25) is 0 Å². The molecule has 1 aliphatic heterocycles. The van der Waals surface area contributed by atoms with Crippen LogP contribution in [-0.2, 0) is 11.8 Å². The van der Waals surface area contributed by atoms with Gasteiger partial charge in [-0.3, -0.25) is 9.59 Å². The van der Waals surface area contributed by atoms with Crippen LogP contribution < -0.4 is 0 Å². The van der Waals surface area contributed by atoms with Crippen molar-refractivity contribution in [3.8, 4) is 11.1 Å². The predicted octanol–water partition coefficient (Wildman–Crippen LogP) is 1.44. The standard InChI is InChI=1S/C22H23N5O3/c1-25-23-18-7-6-17(14-19(18)24-25)15-2-4-16(5-3-15)20(28)26-10-12-27(13-11-26)21(29)22(30)8-9-22/h2-7,14,30H,8-13H2,1H3. The fourth-order valence-corrected chi connectivity index (χ4v) is 3.93. The van der Waals surface area contributed by atoms with Crippen molar-refractivity contribution in [2.75, 3.05) is 26.2 Å². The number of nitrogens with zero attached hydrogens (tertiary/aromatic N) is 5. The average molecular weight is 405 g/mol. The number of carbonyl (C=O) groups is 2. The third-order valence-corrected chi connectivity index (χ3v) is 5.92. The molecule has 2 heterocycles. The van der Waals surface area contributed by atoms with Crippen LogP contribution in [0.25, 0.3) is 22.2 Å². The molecular formula is C22H23N5O3. The number of piperazine rings is 1. The first kappa shape index (κ1) is 18.7. The van der Waals surface area contributed by atoms with Crippen molar-refractivity contribution in [3.05, 3.63) is 48.0 Å². The van der Waals surface area contributed by atoms with Crippen molar-refractivity contribution in [3.63, 3.8) is 0 Å². The SMILES string of the molecule is Cn1nc2ccc(-c3ccc(C(=O)N4CCN(C(=O)C5(O)CC5)CC4)cc3)cc2n1. The summed E-state index contributed by atoms with van der Waals surface area (Å²) in [7, 11) is 1.80. The van der Waals surface area contributed by atoms with Crippen LogP contribution in [0, 0.1) is 0 Å². The van der Waals surface area contributed by atoms with E-state index in [1.807, 2.05) is 42.5 Å². The van der Waals surface area contributed by atoms with E-state index in [0.717, 1.165) is 22.2 Å². The van der Waals surface area contributed by atoms with Crippen LogP contribution in [0.4, 0.5) is 0 Å². The molecule has 0 radical (unpaired) electrons. The summed E-state index contributed by atoms with van der Waals surface area (Å²) in [6.07, 6.45) is 1.09. The van der Waals surface area contributed by atoms with Crippen molar-refractivity contribution in [2.45, 2.75) is 18.4 Å². The second kappa shape index (κ2) is 6.91. The van der Waals surface area contributed by atoms with E-state index >= 15 is 0 Å². The minimum Gasteiger partial charge on any atom is -0.380 e.